The highest BCUT2D eigenvalue weighted by Gasteiger charge is 2.41. The Morgan fingerprint density at radius 3 is 2.54 bits per heavy atom. The summed E-state index contributed by atoms with van der Waals surface area (Å²) < 4.78 is 0. The number of carbonyl (C=O) groups excluding carboxylic acids is 2. The first-order chi connectivity index (χ1) is 13.7. The van der Waals surface area contributed by atoms with Crippen LogP contribution in [0, 0.1) is 5.41 Å². The SMILES string of the molecule is O=C1CCC2(CCN(C(=O)c3ccccc3)CC2)CN1CCc1cccnc1. The smallest absolute Gasteiger partial charge is 0.253 e. The zero-order valence-electron chi connectivity index (χ0n) is 16.2. The fourth-order valence-electron chi connectivity index (χ4n) is 4.47. The number of carbonyl (C=O) groups is 2. The first-order valence-corrected chi connectivity index (χ1v) is 10.2. The fraction of sp³-hybridized carbons (Fsp3) is 0.435. The van der Waals surface area contributed by atoms with E-state index in [0.29, 0.717) is 6.42 Å². The van der Waals surface area contributed by atoms with E-state index >= 15 is 0 Å². The Morgan fingerprint density at radius 2 is 1.82 bits per heavy atom. The molecule has 3 heterocycles. The third-order valence-electron chi connectivity index (χ3n) is 6.27. The fourth-order valence-corrected chi connectivity index (χ4v) is 4.47. The minimum absolute atomic E-state index is 0.121. The normalized spacial score (nSPS) is 19.1. The first-order valence-electron chi connectivity index (χ1n) is 10.2. The number of aromatic nitrogens is 1. The molecule has 0 radical (unpaired) electrons. The Bertz CT molecular complexity index is 814. The summed E-state index contributed by atoms with van der Waals surface area (Å²) in [6.07, 6.45) is 8.01. The molecule has 5 nitrogen and oxygen atoms in total. The van der Waals surface area contributed by atoms with Crippen LogP contribution in [0.25, 0.3) is 0 Å². The van der Waals surface area contributed by atoms with Crippen LogP contribution in [0.3, 0.4) is 0 Å². The Balaban J connectivity index is 1.35. The van der Waals surface area contributed by atoms with Crippen LogP contribution >= 0.6 is 0 Å². The van der Waals surface area contributed by atoms with Crippen LogP contribution in [-0.4, -0.2) is 52.8 Å². The monoisotopic (exact) mass is 377 g/mol. The van der Waals surface area contributed by atoms with Crippen molar-refractivity contribution in [3.63, 3.8) is 0 Å². The summed E-state index contributed by atoms with van der Waals surface area (Å²) in [6.45, 7) is 3.12. The molecule has 0 saturated carbocycles. The van der Waals surface area contributed by atoms with E-state index in [2.05, 4.69) is 11.1 Å². The molecule has 2 fully saturated rings. The van der Waals surface area contributed by atoms with E-state index in [1.54, 1.807) is 6.20 Å². The lowest BCUT2D eigenvalue weighted by Crippen LogP contribution is -2.52. The number of pyridine rings is 1. The summed E-state index contributed by atoms with van der Waals surface area (Å²) in [5, 5.41) is 0. The highest BCUT2D eigenvalue weighted by Crippen LogP contribution is 2.40. The van der Waals surface area contributed by atoms with E-state index in [-0.39, 0.29) is 17.2 Å². The lowest BCUT2D eigenvalue weighted by molar-refractivity contribution is -0.138. The Labute approximate surface area is 166 Å². The van der Waals surface area contributed by atoms with Crippen LogP contribution in [-0.2, 0) is 11.2 Å². The van der Waals surface area contributed by atoms with Gasteiger partial charge in [-0.15, -0.1) is 0 Å². The van der Waals surface area contributed by atoms with Crippen molar-refractivity contribution < 1.29 is 9.59 Å². The molecule has 2 amide bonds. The van der Waals surface area contributed by atoms with Crippen LogP contribution < -0.4 is 0 Å². The molecule has 0 unspecified atom stereocenters. The summed E-state index contributed by atoms with van der Waals surface area (Å²) in [5.74, 6) is 0.382. The van der Waals surface area contributed by atoms with Gasteiger partial charge in [0, 0.05) is 50.6 Å². The maximum atomic E-state index is 12.7. The van der Waals surface area contributed by atoms with Gasteiger partial charge in [-0.3, -0.25) is 14.6 Å². The van der Waals surface area contributed by atoms with Gasteiger partial charge in [-0.2, -0.15) is 0 Å². The highest BCUT2D eigenvalue weighted by atomic mass is 16.2. The number of hydrogen-bond acceptors (Lipinski definition) is 3. The van der Waals surface area contributed by atoms with Gasteiger partial charge in [0.15, 0.2) is 0 Å². The summed E-state index contributed by atoms with van der Waals surface area (Å²) in [4.78, 5) is 33.3. The number of likely N-dealkylation sites (tertiary alicyclic amines) is 2. The molecule has 1 aromatic carbocycles. The lowest BCUT2D eigenvalue weighted by atomic mass is 9.72. The second-order valence-corrected chi connectivity index (χ2v) is 8.08. The van der Waals surface area contributed by atoms with Crippen LogP contribution in [0.5, 0.6) is 0 Å². The molecule has 5 heteroatoms. The second kappa shape index (κ2) is 8.13. The summed E-state index contributed by atoms with van der Waals surface area (Å²) in [5.41, 5.74) is 2.09. The van der Waals surface area contributed by atoms with Crippen molar-refractivity contribution >= 4 is 11.8 Å². The molecule has 0 N–H and O–H groups in total. The van der Waals surface area contributed by atoms with E-state index in [1.165, 1.54) is 5.56 Å². The molecule has 2 aromatic rings. The van der Waals surface area contributed by atoms with E-state index in [1.807, 2.05) is 52.4 Å². The number of piperidine rings is 2. The summed E-state index contributed by atoms with van der Waals surface area (Å²) in [7, 11) is 0. The van der Waals surface area contributed by atoms with Gasteiger partial charge in [0.2, 0.25) is 5.91 Å². The second-order valence-electron chi connectivity index (χ2n) is 8.08. The number of rotatable bonds is 4. The maximum absolute atomic E-state index is 12.7. The van der Waals surface area contributed by atoms with Crippen molar-refractivity contribution in [2.45, 2.75) is 32.1 Å². The maximum Gasteiger partial charge on any atom is 0.253 e. The van der Waals surface area contributed by atoms with Crippen molar-refractivity contribution in [2.75, 3.05) is 26.2 Å². The number of amides is 2. The van der Waals surface area contributed by atoms with Gasteiger partial charge in [-0.05, 0) is 54.9 Å². The van der Waals surface area contributed by atoms with Crippen molar-refractivity contribution in [1.29, 1.82) is 0 Å². The van der Waals surface area contributed by atoms with E-state index in [4.69, 9.17) is 0 Å². The summed E-state index contributed by atoms with van der Waals surface area (Å²) >= 11 is 0. The predicted octanol–water partition coefficient (Wildman–Crippen LogP) is 3.17. The van der Waals surface area contributed by atoms with Gasteiger partial charge in [0.25, 0.3) is 5.91 Å². The van der Waals surface area contributed by atoms with Gasteiger partial charge >= 0.3 is 0 Å². The molecule has 0 atom stereocenters. The molecule has 28 heavy (non-hydrogen) atoms. The zero-order valence-corrected chi connectivity index (χ0v) is 16.2. The van der Waals surface area contributed by atoms with Crippen molar-refractivity contribution in [3.05, 3.63) is 66.0 Å². The minimum Gasteiger partial charge on any atom is -0.342 e. The van der Waals surface area contributed by atoms with Gasteiger partial charge in [-0.25, -0.2) is 0 Å². The van der Waals surface area contributed by atoms with E-state index < -0.39 is 0 Å². The molecule has 2 saturated heterocycles. The zero-order chi connectivity index (χ0) is 19.4. The third kappa shape index (κ3) is 4.08. The number of nitrogens with zero attached hydrogens (tertiary/aromatic N) is 3. The highest BCUT2D eigenvalue weighted by molar-refractivity contribution is 5.94. The molecule has 1 spiro atoms. The van der Waals surface area contributed by atoms with Crippen molar-refractivity contribution in [3.8, 4) is 0 Å². The molecule has 0 aliphatic carbocycles. The third-order valence-corrected chi connectivity index (χ3v) is 6.27. The van der Waals surface area contributed by atoms with Crippen LogP contribution in [0.2, 0.25) is 0 Å². The van der Waals surface area contributed by atoms with Crippen molar-refractivity contribution in [2.24, 2.45) is 5.41 Å². The van der Waals surface area contributed by atoms with Gasteiger partial charge < -0.3 is 9.80 Å². The van der Waals surface area contributed by atoms with Gasteiger partial charge in [0.1, 0.15) is 0 Å². The van der Waals surface area contributed by atoms with E-state index in [9.17, 15) is 9.59 Å². The first kappa shape index (κ1) is 18.7. The summed E-state index contributed by atoms with van der Waals surface area (Å²) in [6, 6.07) is 13.5. The quantitative estimate of drug-likeness (QED) is 0.822. The van der Waals surface area contributed by atoms with Crippen molar-refractivity contribution in [1.82, 2.24) is 14.8 Å². The van der Waals surface area contributed by atoms with E-state index in [0.717, 1.165) is 57.4 Å². The molecular formula is C23H27N3O2. The molecule has 2 aliphatic heterocycles. The minimum atomic E-state index is 0.121. The average molecular weight is 377 g/mol. The largest absolute Gasteiger partial charge is 0.342 e. The molecule has 146 valence electrons. The topological polar surface area (TPSA) is 53.5 Å². The van der Waals surface area contributed by atoms with Gasteiger partial charge in [0.05, 0.1) is 0 Å². The van der Waals surface area contributed by atoms with Crippen LogP contribution in [0.15, 0.2) is 54.9 Å². The van der Waals surface area contributed by atoms with Crippen LogP contribution in [0.1, 0.15) is 41.6 Å². The lowest BCUT2D eigenvalue weighted by Gasteiger charge is -2.47. The molecule has 0 bridgehead atoms. The molecule has 4 rings (SSSR count). The number of hydrogen-bond donors (Lipinski definition) is 0. The van der Waals surface area contributed by atoms with Gasteiger partial charge in [-0.1, -0.05) is 24.3 Å². The Kier molecular flexibility index (Phi) is 5.42. The Morgan fingerprint density at radius 1 is 1.04 bits per heavy atom. The molecule has 2 aliphatic rings. The average Bonchev–Trinajstić information content (AvgIpc) is 2.76. The van der Waals surface area contributed by atoms with Crippen LogP contribution in [0.4, 0.5) is 0 Å². The standard InChI is InChI=1S/C23H27N3O2/c27-21-8-10-23(18-26(21)14-9-19-5-4-13-24-17-19)11-15-25(16-12-23)22(28)20-6-2-1-3-7-20/h1-7,13,17H,8-12,14-16,18H2. The predicted molar refractivity (Wildman–Crippen MR) is 108 cm³/mol. The number of benzene rings is 1. The molecular weight excluding hydrogens is 350 g/mol. The Hall–Kier alpha value is -2.69. The molecule has 1 aromatic heterocycles.